The van der Waals surface area contributed by atoms with Gasteiger partial charge in [0.05, 0.1) is 23.7 Å². The van der Waals surface area contributed by atoms with Crippen LogP contribution < -0.4 is 11.4 Å². The van der Waals surface area contributed by atoms with E-state index < -0.39 is 24.1 Å². The summed E-state index contributed by atoms with van der Waals surface area (Å²) in [6.45, 7) is -0.0123. The fourth-order valence-electron chi connectivity index (χ4n) is 2.02. The van der Waals surface area contributed by atoms with Gasteiger partial charge in [0.25, 0.3) is 0 Å². The number of nitrogen functional groups attached to an aromatic ring is 1. The van der Waals surface area contributed by atoms with Gasteiger partial charge in [0, 0.05) is 22.4 Å². The maximum atomic E-state index is 11.8. The number of rotatable bonds is 4. The third-order valence-electron chi connectivity index (χ3n) is 2.97. The average molecular weight is 312 g/mol. The van der Waals surface area contributed by atoms with E-state index in [0.29, 0.717) is 0 Å². The topological polar surface area (TPSA) is 168 Å². The van der Waals surface area contributed by atoms with Crippen LogP contribution >= 0.6 is 11.6 Å². The van der Waals surface area contributed by atoms with Crippen molar-refractivity contribution in [1.29, 1.82) is 0 Å². The van der Waals surface area contributed by atoms with Crippen LogP contribution in [0.5, 0.6) is 0 Å². The second-order valence-corrected chi connectivity index (χ2v) is 4.62. The van der Waals surface area contributed by atoms with Gasteiger partial charge < -0.3 is 10.5 Å². The van der Waals surface area contributed by atoms with Crippen LogP contribution in [0.3, 0.4) is 0 Å². The second-order valence-electron chi connectivity index (χ2n) is 4.21. The highest BCUT2D eigenvalue weighted by Gasteiger charge is 2.35. The van der Waals surface area contributed by atoms with Crippen molar-refractivity contribution in [2.75, 3.05) is 12.3 Å². The number of hydrogen-bond acceptors (Lipinski definition) is 6. The molecular weight excluding hydrogens is 302 g/mol. The Kier molecular flexibility index (Phi) is 4.51. The van der Waals surface area contributed by atoms with Gasteiger partial charge in [0.1, 0.15) is 12.0 Å². The summed E-state index contributed by atoms with van der Waals surface area (Å²) >= 11 is 5.83. The van der Waals surface area contributed by atoms with Gasteiger partial charge >= 0.3 is 5.69 Å². The zero-order valence-corrected chi connectivity index (χ0v) is 11.3. The van der Waals surface area contributed by atoms with Gasteiger partial charge in [-0.15, -0.1) is 0 Å². The van der Waals surface area contributed by atoms with Crippen molar-refractivity contribution in [3.8, 4) is 0 Å². The van der Waals surface area contributed by atoms with Crippen LogP contribution in [0.4, 0.5) is 5.82 Å². The molecule has 0 bridgehead atoms. The van der Waals surface area contributed by atoms with Crippen molar-refractivity contribution in [2.24, 2.45) is 10.2 Å². The van der Waals surface area contributed by atoms with Gasteiger partial charge in [0.2, 0.25) is 0 Å². The van der Waals surface area contributed by atoms with Crippen LogP contribution in [0.15, 0.2) is 21.2 Å². The summed E-state index contributed by atoms with van der Waals surface area (Å²) in [5, 5.41) is 7.08. The van der Waals surface area contributed by atoms with Gasteiger partial charge in [0.15, 0.2) is 0 Å². The predicted octanol–water partition coefficient (Wildman–Crippen LogP) is 1.76. The molecule has 2 heterocycles. The molecule has 1 aliphatic rings. The summed E-state index contributed by atoms with van der Waals surface area (Å²) in [7, 11) is 0. The van der Waals surface area contributed by atoms with E-state index in [4.69, 9.17) is 33.1 Å². The highest BCUT2D eigenvalue weighted by atomic mass is 35.5. The maximum Gasteiger partial charge on any atom is 0.351 e. The van der Waals surface area contributed by atoms with E-state index in [2.05, 4.69) is 25.0 Å². The van der Waals surface area contributed by atoms with E-state index in [9.17, 15) is 4.79 Å². The summed E-state index contributed by atoms with van der Waals surface area (Å²) in [5.41, 5.74) is 21.7. The number of hydrogen-bond donors (Lipinski definition) is 1. The summed E-state index contributed by atoms with van der Waals surface area (Å²) in [6, 6.07) is -0.561. The van der Waals surface area contributed by atoms with Gasteiger partial charge in [-0.05, 0) is 11.1 Å². The predicted molar refractivity (Wildman–Crippen MR) is 73.4 cm³/mol. The molecule has 2 rings (SSSR count). The number of nitrogens with two attached hydrogens (primary N) is 1. The Morgan fingerprint density at radius 3 is 3.00 bits per heavy atom. The monoisotopic (exact) mass is 311 g/mol. The Morgan fingerprint density at radius 2 is 2.33 bits per heavy atom. The first-order chi connectivity index (χ1) is 10.1. The lowest BCUT2D eigenvalue weighted by Crippen LogP contribution is -2.28. The maximum absolute atomic E-state index is 11.8. The van der Waals surface area contributed by atoms with E-state index in [1.54, 1.807) is 0 Å². The zero-order valence-electron chi connectivity index (χ0n) is 10.6. The molecule has 0 aromatic carbocycles. The molecule has 12 heteroatoms. The molecule has 0 saturated carbocycles. The van der Waals surface area contributed by atoms with Crippen molar-refractivity contribution in [3.63, 3.8) is 0 Å². The Hall–Kier alpha value is -2.45. The Morgan fingerprint density at radius 1 is 1.57 bits per heavy atom. The lowest BCUT2D eigenvalue weighted by atomic mass is 10.1. The van der Waals surface area contributed by atoms with Crippen molar-refractivity contribution >= 4 is 17.4 Å². The smallest absolute Gasteiger partial charge is 0.351 e. The minimum absolute atomic E-state index is 0.0123. The molecule has 3 atom stereocenters. The first-order valence-corrected chi connectivity index (χ1v) is 6.19. The van der Waals surface area contributed by atoms with Crippen LogP contribution in [-0.4, -0.2) is 28.2 Å². The van der Waals surface area contributed by atoms with Crippen molar-refractivity contribution in [3.05, 3.63) is 42.6 Å². The average Bonchev–Trinajstić information content (AvgIpc) is 2.84. The molecule has 1 aromatic heterocycles. The molecular formula is C9H10ClN9O2. The normalized spacial score (nSPS) is 24.1. The molecule has 1 aliphatic heterocycles. The fraction of sp³-hybridized carbons (Fsp3) is 0.556. The van der Waals surface area contributed by atoms with Crippen LogP contribution in [0, 0.1) is 0 Å². The number of ether oxygens (including phenoxy) is 1. The van der Waals surface area contributed by atoms with Crippen LogP contribution in [0.2, 0.25) is 5.02 Å². The summed E-state index contributed by atoms with van der Waals surface area (Å²) in [4.78, 5) is 20.7. The largest absolute Gasteiger partial charge is 0.382 e. The molecule has 0 aliphatic carbocycles. The van der Waals surface area contributed by atoms with Gasteiger partial charge in [-0.25, -0.2) is 4.79 Å². The number of halogens is 1. The summed E-state index contributed by atoms with van der Waals surface area (Å²) < 4.78 is 6.75. The molecule has 2 N–H and O–H groups in total. The SMILES string of the molecule is [N-]=[N+]=NC[C@H]1O[C@@H](n2cc(Cl)c(N)nc2=O)C[C@H]1N=[N+]=[N-]. The van der Waals surface area contributed by atoms with Gasteiger partial charge in [-0.2, -0.15) is 4.98 Å². The van der Waals surface area contributed by atoms with Crippen molar-refractivity contribution in [1.82, 2.24) is 9.55 Å². The van der Waals surface area contributed by atoms with Crippen LogP contribution in [0.1, 0.15) is 12.6 Å². The van der Waals surface area contributed by atoms with Crippen LogP contribution in [-0.2, 0) is 4.74 Å². The molecule has 0 unspecified atom stereocenters. The Bertz CT molecular complexity index is 691. The first-order valence-electron chi connectivity index (χ1n) is 5.81. The van der Waals surface area contributed by atoms with Crippen molar-refractivity contribution in [2.45, 2.75) is 24.8 Å². The van der Waals surface area contributed by atoms with E-state index >= 15 is 0 Å². The minimum Gasteiger partial charge on any atom is -0.382 e. The highest BCUT2D eigenvalue weighted by molar-refractivity contribution is 6.32. The van der Waals surface area contributed by atoms with Gasteiger partial charge in [-0.3, -0.25) is 4.57 Å². The first kappa shape index (κ1) is 14.9. The van der Waals surface area contributed by atoms with Crippen LogP contribution in [0.25, 0.3) is 20.9 Å². The molecule has 0 amide bonds. The summed E-state index contributed by atoms with van der Waals surface area (Å²) in [5.74, 6) is -0.0758. The standard InChI is InChI=1S/C9H10ClN9O2/c10-4-3-19(9(20)15-8(4)11)7-1-5(16-18-13)6(21-7)2-14-17-12/h3,5-7H,1-2H2,(H2,11,15,20)/t5-,6-,7-/m1/s1. The lowest BCUT2D eigenvalue weighted by Gasteiger charge is -2.15. The molecule has 1 aromatic rings. The lowest BCUT2D eigenvalue weighted by molar-refractivity contribution is 0.00189. The van der Waals surface area contributed by atoms with E-state index in [1.165, 1.54) is 6.20 Å². The number of azide groups is 2. The number of aromatic nitrogens is 2. The quantitative estimate of drug-likeness (QED) is 0.508. The molecule has 11 nitrogen and oxygen atoms in total. The van der Waals surface area contributed by atoms with E-state index in [-0.39, 0.29) is 23.8 Å². The third kappa shape index (κ3) is 3.18. The molecule has 21 heavy (non-hydrogen) atoms. The second kappa shape index (κ2) is 6.33. The molecule has 1 saturated heterocycles. The van der Waals surface area contributed by atoms with Crippen molar-refractivity contribution < 1.29 is 4.74 Å². The molecule has 0 spiro atoms. The summed E-state index contributed by atoms with van der Waals surface area (Å²) in [6.07, 6.45) is 0.194. The van der Waals surface area contributed by atoms with E-state index in [0.717, 1.165) is 4.57 Å². The molecule has 1 fully saturated rings. The Balaban J connectivity index is 2.30. The molecule has 110 valence electrons. The molecule has 0 radical (unpaired) electrons. The number of nitrogens with zero attached hydrogens (tertiary/aromatic N) is 8. The number of anilines is 1. The third-order valence-corrected chi connectivity index (χ3v) is 3.26. The Labute approximate surface area is 122 Å². The fourth-order valence-corrected chi connectivity index (χ4v) is 2.17. The van der Waals surface area contributed by atoms with E-state index in [1.807, 2.05) is 0 Å². The highest BCUT2D eigenvalue weighted by Crippen LogP contribution is 2.31. The van der Waals surface area contributed by atoms with Gasteiger partial charge in [-0.1, -0.05) is 21.8 Å². The minimum atomic E-state index is -0.725. The zero-order chi connectivity index (χ0) is 15.4.